The number of carbonyl (C=O) groups is 1. The molecule has 3 heterocycles. The van der Waals surface area contributed by atoms with Crippen molar-refractivity contribution in [3.8, 4) is 11.5 Å². The number of benzene rings is 2. The van der Waals surface area contributed by atoms with Crippen molar-refractivity contribution in [2.75, 3.05) is 17.6 Å². The van der Waals surface area contributed by atoms with Gasteiger partial charge in [-0.25, -0.2) is 14.6 Å². The zero-order chi connectivity index (χ0) is 24.4. The maximum Gasteiger partial charge on any atom is 0.232 e. The fraction of sp³-hybridized carbons (Fsp3) is 0.308. The second-order valence-corrected chi connectivity index (χ2v) is 9.82. The first-order chi connectivity index (χ1) is 17.0. The highest BCUT2D eigenvalue weighted by atomic mass is 32.2. The zero-order valence-corrected chi connectivity index (χ0v) is 20.8. The van der Waals surface area contributed by atoms with Gasteiger partial charge >= 0.3 is 0 Å². The molecule has 9 heteroatoms. The summed E-state index contributed by atoms with van der Waals surface area (Å²) >= 11 is 1.59. The maximum absolute atomic E-state index is 13.4. The van der Waals surface area contributed by atoms with Crippen molar-refractivity contribution in [3.05, 3.63) is 65.9 Å². The molecule has 2 aromatic carbocycles. The van der Waals surface area contributed by atoms with E-state index in [0.717, 1.165) is 33.7 Å². The van der Waals surface area contributed by atoms with Crippen LogP contribution in [0.2, 0.25) is 0 Å². The molecule has 8 nitrogen and oxygen atoms in total. The van der Waals surface area contributed by atoms with E-state index < -0.39 is 5.92 Å². The van der Waals surface area contributed by atoms with Gasteiger partial charge in [0.25, 0.3) is 0 Å². The minimum absolute atomic E-state index is 0.0660. The highest BCUT2D eigenvalue weighted by molar-refractivity contribution is 7.99. The number of carbonyl (C=O) groups excluding carboxylic acids is 1. The summed E-state index contributed by atoms with van der Waals surface area (Å²) in [5.41, 5.74) is 2.49. The molecule has 1 amide bonds. The summed E-state index contributed by atoms with van der Waals surface area (Å²) in [6.45, 7) is 7.15. The first-order valence-electron chi connectivity index (χ1n) is 11.8. The summed E-state index contributed by atoms with van der Waals surface area (Å²) < 4.78 is 7.85. The molecule has 35 heavy (non-hydrogen) atoms. The van der Waals surface area contributed by atoms with Crippen molar-refractivity contribution in [1.29, 1.82) is 0 Å². The van der Waals surface area contributed by atoms with Gasteiger partial charge in [-0.05, 0) is 31.7 Å². The third-order valence-electron chi connectivity index (χ3n) is 5.74. The lowest BCUT2D eigenvalue weighted by Gasteiger charge is -2.27. The number of rotatable bonds is 8. The van der Waals surface area contributed by atoms with Gasteiger partial charge in [-0.1, -0.05) is 55.1 Å². The molecule has 0 unspecified atom stereocenters. The number of nitrogens with zero attached hydrogens (tertiary/aromatic N) is 4. The number of aromatic nitrogens is 4. The molecule has 5 rings (SSSR count). The molecular weight excluding hydrogens is 460 g/mol. The lowest BCUT2D eigenvalue weighted by molar-refractivity contribution is -0.121. The number of anilines is 1. The average Bonchev–Trinajstić information content (AvgIpc) is 3.25. The minimum Gasteiger partial charge on any atom is -0.457 e. The van der Waals surface area contributed by atoms with E-state index in [1.807, 2.05) is 53.2 Å². The van der Waals surface area contributed by atoms with E-state index in [9.17, 15) is 4.79 Å². The van der Waals surface area contributed by atoms with Gasteiger partial charge in [0.15, 0.2) is 10.8 Å². The lowest BCUT2D eigenvalue weighted by Crippen LogP contribution is -2.33. The van der Waals surface area contributed by atoms with Crippen LogP contribution in [0.3, 0.4) is 0 Å². The molecule has 0 spiro atoms. The molecular formula is C26H28N6O2S. The van der Waals surface area contributed by atoms with Gasteiger partial charge in [-0.15, -0.1) is 0 Å². The first-order valence-corrected chi connectivity index (χ1v) is 12.8. The van der Waals surface area contributed by atoms with Gasteiger partial charge in [0.05, 0.1) is 24.0 Å². The van der Waals surface area contributed by atoms with Gasteiger partial charge < -0.3 is 15.4 Å². The number of ether oxygens (including phenoxy) is 1. The summed E-state index contributed by atoms with van der Waals surface area (Å²) in [6, 6.07) is 15.6. The Balaban J connectivity index is 1.36. The first kappa shape index (κ1) is 23.2. The van der Waals surface area contributed by atoms with Crippen molar-refractivity contribution in [3.63, 3.8) is 0 Å². The number of amides is 1. The number of hydrogen-bond donors (Lipinski definition) is 2. The Morgan fingerprint density at radius 1 is 1.09 bits per heavy atom. The van der Waals surface area contributed by atoms with E-state index in [1.54, 1.807) is 18.0 Å². The molecule has 0 saturated carbocycles. The second kappa shape index (κ2) is 9.95. The number of hydrogen-bond acceptors (Lipinski definition) is 7. The molecule has 180 valence electrons. The molecule has 2 aromatic heterocycles. The van der Waals surface area contributed by atoms with E-state index in [-0.39, 0.29) is 11.9 Å². The van der Waals surface area contributed by atoms with Crippen LogP contribution in [0, 0.1) is 0 Å². The Kier molecular flexibility index (Phi) is 6.59. The lowest BCUT2D eigenvalue weighted by atomic mass is 9.87. The molecule has 0 saturated heterocycles. The summed E-state index contributed by atoms with van der Waals surface area (Å²) in [5, 5.41) is 12.6. The molecule has 0 aliphatic carbocycles. The fourth-order valence-electron chi connectivity index (χ4n) is 4.26. The summed E-state index contributed by atoms with van der Waals surface area (Å²) in [5.74, 6) is 2.60. The predicted molar refractivity (Wildman–Crippen MR) is 138 cm³/mol. The third-order valence-corrected chi connectivity index (χ3v) is 6.47. The molecule has 4 aromatic rings. The molecule has 1 aliphatic heterocycles. The van der Waals surface area contributed by atoms with Gasteiger partial charge in [0, 0.05) is 23.7 Å². The second-order valence-electron chi connectivity index (χ2n) is 8.59. The highest BCUT2D eigenvalue weighted by Crippen LogP contribution is 2.43. The van der Waals surface area contributed by atoms with E-state index in [0.29, 0.717) is 29.7 Å². The van der Waals surface area contributed by atoms with Gasteiger partial charge in [0.1, 0.15) is 17.3 Å². The summed E-state index contributed by atoms with van der Waals surface area (Å²) in [7, 11) is 0. The largest absolute Gasteiger partial charge is 0.457 e. The standard InChI is InChI=1S/C26H28N6O2S/c1-4-35-26-30-23(29-16(2)3)19-15-28-32(24(19)31-26)14-13-27-25(33)22-17-9-5-7-11-20(17)34-21-12-8-6-10-18(21)22/h5-12,15-16,22H,4,13-14H2,1-3H3,(H,27,33)(H,29,30,31). The highest BCUT2D eigenvalue weighted by Gasteiger charge is 2.32. The molecule has 0 radical (unpaired) electrons. The molecule has 0 bridgehead atoms. The van der Waals surface area contributed by atoms with Crippen molar-refractivity contribution < 1.29 is 9.53 Å². The van der Waals surface area contributed by atoms with E-state index in [1.165, 1.54) is 0 Å². The van der Waals surface area contributed by atoms with Crippen LogP contribution >= 0.6 is 11.8 Å². The number of fused-ring (bicyclic) bond motifs is 3. The topological polar surface area (TPSA) is 94.0 Å². The molecule has 0 atom stereocenters. The van der Waals surface area contributed by atoms with Crippen molar-refractivity contribution in [1.82, 2.24) is 25.1 Å². The van der Waals surface area contributed by atoms with Gasteiger partial charge in [-0.2, -0.15) is 5.10 Å². The van der Waals surface area contributed by atoms with Crippen LogP contribution in [0.4, 0.5) is 5.82 Å². The SMILES string of the molecule is CCSc1nc(NC(C)C)c2cnn(CCNC(=O)C3c4ccccc4Oc4ccccc43)c2n1. The number of para-hydroxylation sites is 2. The quantitative estimate of drug-likeness (QED) is 0.271. The Morgan fingerprint density at radius 3 is 2.43 bits per heavy atom. The number of thioether (sulfide) groups is 1. The predicted octanol–water partition coefficient (Wildman–Crippen LogP) is 4.81. The fourth-order valence-corrected chi connectivity index (χ4v) is 4.82. The van der Waals surface area contributed by atoms with Crippen molar-refractivity contribution in [2.45, 2.75) is 44.4 Å². The summed E-state index contributed by atoms with van der Waals surface area (Å²) in [6.07, 6.45) is 1.78. The minimum atomic E-state index is -0.428. The van der Waals surface area contributed by atoms with E-state index in [2.05, 4.69) is 41.5 Å². The van der Waals surface area contributed by atoms with Crippen LogP contribution in [-0.4, -0.2) is 44.0 Å². The van der Waals surface area contributed by atoms with Gasteiger partial charge in [-0.3, -0.25) is 4.79 Å². The van der Waals surface area contributed by atoms with Crippen molar-refractivity contribution in [2.24, 2.45) is 0 Å². The maximum atomic E-state index is 13.4. The van der Waals surface area contributed by atoms with Crippen LogP contribution in [0.5, 0.6) is 11.5 Å². The Bertz CT molecular complexity index is 1320. The Labute approximate surface area is 208 Å². The monoisotopic (exact) mass is 488 g/mol. The third kappa shape index (κ3) is 4.68. The molecule has 2 N–H and O–H groups in total. The van der Waals surface area contributed by atoms with Crippen molar-refractivity contribution >= 4 is 34.5 Å². The van der Waals surface area contributed by atoms with E-state index in [4.69, 9.17) is 9.72 Å². The Morgan fingerprint density at radius 2 is 1.77 bits per heavy atom. The molecule has 0 fully saturated rings. The smallest absolute Gasteiger partial charge is 0.232 e. The zero-order valence-electron chi connectivity index (χ0n) is 20.0. The van der Waals surface area contributed by atoms with Crippen LogP contribution < -0.4 is 15.4 Å². The normalized spacial score (nSPS) is 12.8. The van der Waals surface area contributed by atoms with Crippen LogP contribution in [0.25, 0.3) is 11.0 Å². The summed E-state index contributed by atoms with van der Waals surface area (Å²) in [4.78, 5) is 22.8. The number of nitrogens with one attached hydrogen (secondary N) is 2. The average molecular weight is 489 g/mol. The molecule has 1 aliphatic rings. The van der Waals surface area contributed by atoms with Crippen LogP contribution in [0.15, 0.2) is 59.9 Å². The van der Waals surface area contributed by atoms with Crippen LogP contribution in [-0.2, 0) is 11.3 Å². The van der Waals surface area contributed by atoms with Gasteiger partial charge in [0.2, 0.25) is 5.91 Å². The van der Waals surface area contributed by atoms with E-state index >= 15 is 0 Å². The van der Waals surface area contributed by atoms with Crippen LogP contribution in [0.1, 0.15) is 37.8 Å². The Hall–Kier alpha value is -3.59.